The molecular weight excluding hydrogens is 286 g/mol. The van der Waals surface area contributed by atoms with Crippen LogP contribution in [0.25, 0.3) is 0 Å². The summed E-state index contributed by atoms with van der Waals surface area (Å²) in [7, 11) is 0. The first-order valence-corrected chi connectivity index (χ1v) is 4.71. The molecule has 0 aliphatic rings. The zero-order valence-corrected chi connectivity index (χ0v) is 9.37. The van der Waals surface area contributed by atoms with Gasteiger partial charge in [-0.1, -0.05) is 0 Å². The first-order valence-electron chi connectivity index (χ1n) is 3.92. The smallest absolute Gasteiger partial charge is 0.211 e. The van der Waals surface area contributed by atoms with Crippen molar-refractivity contribution in [2.45, 2.75) is 0 Å². The summed E-state index contributed by atoms with van der Waals surface area (Å²) in [5.41, 5.74) is 9.75. The molecule has 0 aromatic heterocycles. The second-order valence-corrected chi connectivity index (χ2v) is 3.55. The number of hydrogen-bond acceptors (Lipinski definition) is 3. The predicted octanol–water partition coefficient (Wildman–Crippen LogP) is 1.04. The molecule has 5 N–H and O–H groups in total. The molecule has 0 unspecified atom stereocenters. The molecule has 0 saturated carbocycles. The molecule has 0 atom stereocenters. The normalized spacial score (nSPS) is 10.7. The Morgan fingerprint density at radius 3 is 2.56 bits per heavy atom. The van der Waals surface area contributed by atoms with E-state index in [2.05, 4.69) is 26.1 Å². The van der Waals surface area contributed by atoms with E-state index >= 15 is 0 Å². The summed E-state index contributed by atoms with van der Waals surface area (Å²) in [6.45, 7) is 0. The highest BCUT2D eigenvalue weighted by molar-refractivity contribution is 9.10. The lowest BCUT2D eigenvalue weighted by molar-refractivity contribution is 0.404. The minimum absolute atomic E-state index is 0.00227. The topological polar surface area (TPSA) is 97.0 Å². The summed E-state index contributed by atoms with van der Waals surface area (Å²) in [5.74, 6) is -3.73. The number of hydrogen-bond donors (Lipinski definition) is 3. The van der Waals surface area contributed by atoms with Gasteiger partial charge in [-0.3, -0.25) is 0 Å². The van der Waals surface area contributed by atoms with Crippen LogP contribution in [-0.4, -0.2) is 17.3 Å². The maximum atomic E-state index is 13.2. The summed E-state index contributed by atoms with van der Waals surface area (Å²) < 4.78 is 26.2. The van der Waals surface area contributed by atoms with Gasteiger partial charge in [-0.25, -0.2) is 4.39 Å². The van der Waals surface area contributed by atoms with E-state index in [1.165, 1.54) is 0 Å². The Labute approximate surface area is 97.6 Å². The summed E-state index contributed by atoms with van der Waals surface area (Å²) in [5, 5.41) is 15.6. The molecule has 0 saturated heterocycles. The third-order valence-electron chi connectivity index (χ3n) is 1.53. The van der Waals surface area contributed by atoms with Crippen molar-refractivity contribution in [2.24, 2.45) is 21.7 Å². The lowest BCUT2D eigenvalue weighted by Gasteiger charge is -2.02. The van der Waals surface area contributed by atoms with Gasteiger partial charge in [-0.05, 0) is 22.0 Å². The molecule has 0 aliphatic carbocycles. The van der Waals surface area contributed by atoms with Crippen LogP contribution in [0.5, 0.6) is 5.75 Å². The fraction of sp³-hybridized carbons (Fsp3) is 0. The van der Waals surface area contributed by atoms with Crippen LogP contribution in [-0.2, 0) is 0 Å². The molecule has 1 rings (SSSR count). The zero-order chi connectivity index (χ0) is 12.3. The van der Waals surface area contributed by atoms with Crippen molar-refractivity contribution in [3.8, 4) is 5.75 Å². The molecule has 5 nitrogen and oxygen atoms in total. The van der Waals surface area contributed by atoms with E-state index in [0.29, 0.717) is 0 Å². The van der Waals surface area contributed by atoms with Crippen LogP contribution in [0.2, 0.25) is 0 Å². The van der Waals surface area contributed by atoms with E-state index in [1.54, 1.807) is 0 Å². The molecule has 0 bridgehead atoms. The molecular formula is C8H7BrF2N4O. The average molecular weight is 293 g/mol. The van der Waals surface area contributed by atoms with Crippen LogP contribution < -0.4 is 11.5 Å². The largest absolute Gasteiger partial charge is 0.504 e. The Hall–Kier alpha value is -1.70. The quantitative estimate of drug-likeness (QED) is 0.329. The van der Waals surface area contributed by atoms with Gasteiger partial charge >= 0.3 is 0 Å². The van der Waals surface area contributed by atoms with Gasteiger partial charge in [0.2, 0.25) is 11.8 Å². The molecule has 0 aliphatic heterocycles. The number of guanidine groups is 1. The van der Waals surface area contributed by atoms with Crippen LogP contribution in [0.4, 0.5) is 8.78 Å². The maximum Gasteiger partial charge on any atom is 0.211 e. The number of phenolic OH excluding ortho intramolecular Hbond substituents is 1. The molecule has 0 heterocycles. The molecule has 0 spiro atoms. The average Bonchev–Trinajstić information content (AvgIpc) is 2.22. The third kappa shape index (κ3) is 2.66. The zero-order valence-electron chi connectivity index (χ0n) is 7.78. The molecule has 1 aromatic carbocycles. The Morgan fingerprint density at radius 1 is 1.38 bits per heavy atom. The van der Waals surface area contributed by atoms with E-state index in [-0.39, 0.29) is 16.0 Å². The lowest BCUT2D eigenvalue weighted by Crippen LogP contribution is -2.21. The second-order valence-electron chi connectivity index (χ2n) is 2.69. The summed E-state index contributed by atoms with van der Waals surface area (Å²) in [6, 6.07) is 1.14. The first-order chi connectivity index (χ1) is 7.43. The molecule has 16 heavy (non-hydrogen) atoms. The van der Waals surface area contributed by atoms with E-state index < -0.39 is 17.4 Å². The van der Waals surface area contributed by atoms with E-state index in [0.717, 1.165) is 12.3 Å². The monoisotopic (exact) mass is 292 g/mol. The van der Waals surface area contributed by atoms with Crippen molar-refractivity contribution in [1.29, 1.82) is 0 Å². The predicted molar refractivity (Wildman–Crippen MR) is 59.1 cm³/mol. The van der Waals surface area contributed by atoms with Crippen LogP contribution in [0.3, 0.4) is 0 Å². The Balaban J connectivity index is 3.16. The van der Waals surface area contributed by atoms with Crippen molar-refractivity contribution >= 4 is 28.1 Å². The lowest BCUT2D eigenvalue weighted by atomic mass is 10.2. The minimum atomic E-state index is -1.37. The molecule has 86 valence electrons. The van der Waals surface area contributed by atoms with Crippen molar-refractivity contribution in [3.05, 3.63) is 27.7 Å². The minimum Gasteiger partial charge on any atom is -0.504 e. The fourth-order valence-electron chi connectivity index (χ4n) is 0.855. The summed E-state index contributed by atoms with van der Waals surface area (Å²) in [4.78, 5) is 0. The van der Waals surface area contributed by atoms with Crippen molar-refractivity contribution in [1.82, 2.24) is 0 Å². The van der Waals surface area contributed by atoms with Crippen molar-refractivity contribution < 1.29 is 13.9 Å². The molecule has 0 fully saturated rings. The highest BCUT2D eigenvalue weighted by Crippen LogP contribution is 2.30. The van der Waals surface area contributed by atoms with Crippen molar-refractivity contribution in [3.63, 3.8) is 0 Å². The van der Waals surface area contributed by atoms with Crippen LogP contribution >= 0.6 is 15.9 Å². The Kier molecular flexibility index (Phi) is 3.78. The SMILES string of the molecule is NC(N)=NN=Cc1cc(Br)c(O)c(F)c1F. The molecule has 0 radical (unpaired) electrons. The van der Waals surface area contributed by atoms with Gasteiger partial charge in [0.25, 0.3) is 0 Å². The van der Waals surface area contributed by atoms with E-state index in [9.17, 15) is 8.78 Å². The molecule has 1 aromatic rings. The summed E-state index contributed by atoms with van der Waals surface area (Å²) >= 11 is 2.85. The van der Waals surface area contributed by atoms with E-state index in [1.807, 2.05) is 0 Å². The van der Waals surface area contributed by atoms with Crippen LogP contribution in [0.15, 0.2) is 20.7 Å². The number of nitrogens with two attached hydrogens (primary N) is 2. The maximum absolute atomic E-state index is 13.2. The molecule has 0 amide bonds. The van der Waals surface area contributed by atoms with Gasteiger partial charge in [-0.2, -0.15) is 9.49 Å². The van der Waals surface area contributed by atoms with Gasteiger partial charge in [0.05, 0.1) is 10.7 Å². The number of nitrogens with zero attached hydrogens (tertiary/aromatic N) is 2. The third-order valence-corrected chi connectivity index (χ3v) is 2.14. The van der Waals surface area contributed by atoms with Gasteiger partial charge < -0.3 is 16.6 Å². The fourth-order valence-corrected chi connectivity index (χ4v) is 1.28. The number of rotatable bonds is 2. The van der Waals surface area contributed by atoms with Crippen molar-refractivity contribution in [2.75, 3.05) is 0 Å². The van der Waals surface area contributed by atoms with Gasteiger partial charge in [-0.15, -0.1) is 5.10 Å². The number of aromatic hydroxyl groups is 1. The second kappa shape index (κ2) is 4.88. The van der Waals surface area contributed by atoms with Gasteiger partial charge in [0, 0.05) is 5.56 Å². The standard InChI is InChI=1S/C8H7BrF2N4O/c9-4-1-3(2-14-15-8(12)13)5(10)6(11)7(4)16/h1-2,16H,(H4,12,13,15). The van der Waals surface area contributed by atoms with E-state index in [4.69, 9.17) is 16.6 Å². The first kappa shape index (κ1) is 12.4. The highest BCUT2D eigenvalue weighted by atomic mass is 79.9. The Bertz CT molecular complexity index is 472. The number of phenols is 1. The highest BCUT2D eigenvalue weighted by Gasteiger charge is 2.15. The number of benzene rings is 1. The van der Waals surface area contributed by atoms with Gasteiger partial charge in [0.15, 0.2) is 11.6 Å². The summed E-state index contributed by atoms with van der Waals surface area (Å²) in [6.07, 6.45) is 0.919. The number of halogens is 3. The van der Waals surface area contributed by atoms with Gasteiger partial charge in [0.1, 0.15) is 0 Å². The van der Waals surface area contributed by atoms with Crippen LogP contribution in [0.1, 0.15) is 5.56 Å². The Morgan fingerprint density at radius 2 is 2.00 bits per heavy atom. The van der Waals surface area contributed by atoms with Crippen LogP contribution in [0, 0.1) is 11.6 Å². The molecule has 8 heteroatoms.